The Morgan fingerprint density at radius 2 is 1.25 bits per heavy atom. The number of aliphatic hydroxyl groups is 1. The molecule has 0 unspecified atom stereocenters. The summed E-state index contributed by atoms with van der Waals surface area (Å²) in [6.07, 6.45) is 7.99. The molecule has 0 atom stereocenters. The fourth-order valence-corrected chi connectivity index (χ4v) is 3.41. The topological polar surface area (TPSA) is 57.5 Å². The molecule has 0 spiro atoms. The molecule has 2 fully saturated rings. The predicted molar refractivity (Wildman–Crippen MR) is 61.0 cm³/mol. The molecular formula is C13H22O3. The lowest BCUT2D eigenvalue weighted by atomic mass is 9.70. The fourth-order valence-electron chi connectivity index (χ4n) is 3.41. The van der Waals surface area contributed by atoms with E-state index in [1.807, 2.05) is 0 Å². The van der Waals surface area contributed by atoms with Gasteiger partial charge in [0, 0.05) is 0 Å². The Kier molecular flexibility index (Phi) is 3.85. The number of carbonyl (C=O) groups is 1. The van der Waals surface area contributed by atoms with Gasteiger partial charge in [0.05, 0.1) is 12.0 Å². The number of hydrogen-bond acceptors (Lipinski definition) is 2. The molecule has 0 amide bonds. The second kappa shape index (κ2) is 5.17. The highest BCUT2D eigenvalue weighted by molar-refractivity contribution is 5.69. The molecule has 0 bridgehead atoms. The maximum absolute atomic E-state index is 10.8. The smallest absolute Gasteiger partial charge is 0.306 e. The van der Waals surface area contributed by atoms with E-state index < -0.39 is 5.97 Å². The molecular weight excluding hydrogens is 204 g/mol. The van der Waals surface area contributed by atoms with Gasteiger partial charge in [0.15, 0.2) is 0 Å². The van der Waals surface area contributed by atoms with Crippen molar-refractivity contribution in [1.29, 1.82) is 0 Å². The molecule has 2 rings (SSSR count). The van der Waals surface area contributed by atoms with Crippen molar-refractivity contribution >= 4 is 5.97 Å². The molecule has 3 heteroatoms. The number of aliphatic carboxylic acids is 1. The van der Waals surface area contributed by atoms with Gasteiger partial charge in [-0.1, -0.05) is 0 Å². The van der Waals surface area contributed by atoms with E-state index in [4.69, 9.17) is 5.11 Å². The zero-order valence-corrected chi connectivity index (χ0v) is 9.77. The van der Waals surface area contributed by atoms with Gasteiger partial charge in [0.2, 0.25) is 0 Å². The highest BCUT2D eigenvalue weighted by Crippen LogP contribution is 2.39. The van der Waals surface area contributed by atoms with E-state index in [-0.39, 0.29) is 12.0 Å². The van der Waals surface area contributed by atoms with Crippen LogP contribution in [0.5, 0.6) is 0 Å². The Labute approximate surface area is 96.9 Å². The van der Waals surface area contributed by atoms with Crippen LogP contribution in [0.3, 0.4) is 0 Å². The summed E-state index contributed by atoms with van der Waals surface area (Å²) in [5, 5.41) is 18.4. The lowest BCUT2D eigenvalue weighted by molar-refractivity contribution is -0.143. The molecule has 0 radical (unpaired) electrons. The average molecular weight is 226 g/mol. The van der Waals surface area contributed by atoms with Crippen LogP contribution >= 0.6 is 0 Å². The van der Waals surface area contributed by atoms with Gasteiger partial charge >= 0.3 is 5.97 Å². The summed E-state index contributed by atoms with van der Waals surface area (Å²) < 4.78 is 0. The van der Waals surface area contributed by atoms with Crippen molar-refractivity contribution in [3.63, 3.8) is 0 Å². The van der Waals surface area contributed by atoms with Crippen molar-refractivity contribution in [1.82, 2.24) is 0 Å². The second-order valence-electron chi connectivity index (χ2n) is 5.52. The van der Waals surface area contributed by atoms with E-state index in [2.05, 4.69) is 0 Å². The molecule has 2 N–H and O–H groups in total. The quantitative estimate of drug-likeness (QED) is 0.760. The molecule has 16 heavy (non-hydrogen) atoms. The molecule has 0 heterocycles. The highest BCUT2D eigenvalue weighted by Gasteiger charge is 2.32. The Hall–Kier alpha value is -0.570. The second-order valence-corrected chi connectivity index (χ2v) is 5.52. The Morgan fingerprint density at radius 1 is 0.812 bits per heavy atom. The third-order valence-corrected chi connectivity index (χ3v) is 4.53. The van der Waals surface area contributed by atoms with Crippen molar-refractivity contribution in [2.45, 2.75) is 57.5 Å². The first kappa shape index (κ1) is 11.9. The van der Waals surface area contributed by atoms with Gasteiger partial charge in [-0.25, -0.2) is 0 Å². The number of hydrogen-bond donors (Lipinski definition) is 2. The minimum absolute atomic E-state index is 0.0772. The van der Waals surface area contributed by atoms with Crippen molar-refractivity contribution in [2.75, 3.05) is 0 Å². The molecule has 0 aromatic rings. The highest BCUT2D eigenvalue weighted by atomic mass is 16.4. The summed E-state index contributed by atoms with van der Waals surface area (Å²) in [7, 11) is 0. The minimum Gasteiger partial charge on any atom is -0.481 e. The third-order valence-electron chi connectivity index (χ3n) is 4.53. The van der Waals surface area contributed by atoms with E-state index in [0.717, 1.165) is 63.2 Å². The Balaban J connectivity index is 1.78. The first-order valence-corrected chi connectivity index (χ1v) is 6.57. The van der Waals surface area contributed by atoms with Crippen LogP contribution in [-0.4, -0.2) is 22.3 Å². The van der Waals surface area contributed by atoms with Gasteiger partial charge in [-0.2, -0.15) is 0 Å². The van der Waals surface area contributed by atoms with E-state index in [1.54, 1.807) is 0 Å². The maximum atomic E-state index is 10.8. The van der Waals surface area contributed by atoms with Crippen LogP contribution < -0.4 is 0 Å². The van der Waals surface area contributed by atoms with Gasteiger partial charge in [-0.3, -0.25) is 4.79 Å². The molecule has 3 nitrogen and oxygen atoms in total. The van der Waals surface area contributed by atoms with Crippen LogP contribution in [0.25, 0.3) is 0 Å². The molecule has 92 valence electrons. The van der Waals surface area contributed by atoms with E-state index >= 15 is 0 Å². The SMILES string of the molecule is O=C(O)C1CCC(C2CCC(O)CC2)CC1. The molecule has 0 aromatic carbocycles. The summed E-state index contributed by atoms with van der Waals surface area (Å²) in [6, 6.07) is 0. The summed E-state index contributed by atoms with van der Waals surface area (Å²) >= 11 is 0. The molecule has 0 aliphatic heterocycles. The number of carboxylic acid groups (broad SMARTS) is 1. The van der Waals surface area contributed by atoms with Crippen molar-refractivity contribution < 1.29 is 15.0 Å². The summed E-state index contributed by atoms with van der Waals surface area (Å²) in [6.45, 7) is 0. The fraction of sp³-hybridized carbons (Fsp3) is 0.923. The van der Waals surface area contributed by atoms with Gasteiger partial charge in [-0.15, -0.1) is 0 Å². The monoisotopic (exact) mass is 226 g/mol. The molecule has 2 aliphatic carbocycles. The van der Waals surface area contributed by atoms with E-state index in [0.29, 0.717) is 0 Å². The lowest BCUT2D eigenvalue weighted by Crippen LogP contribution is -2.29. The normalized spacial score (nSPS) is 40.6. The number of aliphatic hydroxyl groups excluding tert-OH is 1. The summed E-state index contributed by atoms with van der Waals surface area (Å²) in [4.78, 5) is 10.8. The van der Waals surface area contributed by atoms with Crippen LogP contribution in [0.2, 0.25) is 0 Å². The standard InChI is InChI=1S/C13H22O3/c14-12-7-5-10(6-8-12)9-1-3-11(4-2-9)13(15)16/h9-12,14H,1-8H2,(H,15,16). The van der Waals surface area contributed by atoms with E-state index in [9.17, 15) is 9.90 Å². The number of carboxylic acids is 1. The molecule has 0 saturated heterocycles. The Morgan fingerprint density at radius 3 is 1.69 bits per heavy atom. The summed E-state index contributed by atoms with van der Waals surface area (Å²) in [5.41, 5.74) is 0. The van der Waals surface area contributed by atoms with Gasteiger partial charge in [0.25, 0.3) is 0 Å². The van der Waals surface area contributed by atoms with Crippen molar-refractivity contribution in [3.05, 3.63) is 0 Å². The van der Waals surface area contributed by atoms with Gasteiger partial charge < -0.3 is 10.2 Å². The van der Waals surface area contributed by atoms with Crippen molar-refractivity contribution in [3.8, 4) is 0 Å². The van der Waals surface area contributed by atoms with E-state index in [1.165, 1.54) is 0 Å². The lowest BCUT2D eigenvalue weighted by Gasteiger charge is -2.35. The maximum Gasteiger partial charge on any atom is 0.306 e. The largest absolute Gasteiger partial charge is 0.481 e. The van der Waals surface area contributed by atoms with Crippen molar-refractivity contribution in [2.24, 2.45) is 17.8 Å². The molecule has 2 aliphatic rings. The predicted octanol–water partition coefficient (Wildman–Crippen LogP) is 2.43. The minimum atomic E-state index is -0.613. The Bertz CT molecular complexity index is 236. The average Bonchev–Trinajstić information content (AvgIpc) is 2.30. The van der Waals surface area contributed by atoms with Gasteiger partial charge in [0.1, 0.15) is 0 Å². The van der Waals surface area contributed by atoms with Crippen LogP contribution in [0.15, 0.2) is 0 Å². The molecule has 2 saturated carbocycles. The first-order chi connectivity index (χ1) is 7.66. The first-order valence-electron chi connectivity index (χ1n) is 6.57. The van der Waals surface area contributed by atoms with Gasteiger partial charge in [-0.05, 0) is 63.2 Å². The zero-order chi connectivity index (χ0) is 11.5. The van der Waals surface area contributed by atoms with Crippen LogP contribution in [-0.2, 0) is 4.79 Å². The summed E-state index contributed by atoms with van der Waals surface area (Å²) in [5.74, 6) is 0.768. The zero-order valence-electron chi connectivity index (χ0n) is 9.77. The van der Waals surface area contributed by atoms with Crippen LogP contribution in [0, 0.1) is 17.8 Å². The molecule has 0 aromatic heterocycles. The number of rotatable bonds is 2. The van der Waals surface area contributed by atoms with Crippen LogP contribution in [0.1, 0.15) is 51.4 Å². The van der Waals surface area contributed by atoms with Crippen LogP contribution in [0.4, 0.5) is 0 Å². The third kappa shape index (κ3) is 2.76.